The Bertz CT molecular complexity index is 701. The molecule has 12 nitrogen and oxygen atoms in total. The van der Waals surface area contributed by atoms with Gasteiger partial charge in [0.1, 0.15) is 55.1 Å². The molecule has 12 heteroatoms. The molecule has 0 aromatic rings. The summed E-state index contributed by atoms with van der Waals surface area (Å²) < 4.78 is 21.8. The van der Waals surface area contributed by atoms with Crippen molar-refractivity contribution in [1.29, 1.82) is 0 Å². The molecule has 196 valence electrons. The van der Waals surface area contributed by atoms with Gasteiger partial charge in [-0.2, -0.15) is 0 Å². The van der Waals surface area contributed by atoms with Crippen LogP contribution >= 0.6 is 0 Å². The predicted molar refractivity (Wildman–Crippen MR) is 113 cm³/mol. The smallest absolute Gasteiger partial charge is 0.228 e. The second kappa shape index (κ2) is 11.7. The van der Waals surface area contributed by atoms with Crippen molar-refractivity contribution in [2.45, 2.75) is 88.1 Å². The summed E-state index contributed by atoms with van der Waals surface area (Å²) in [6, 6.07) is 0. The normalized spacial score (nSPS) is 48.0. The standard InChI is InChI=1S/C22H36O12/c1-9-3-4-11(12(9)5-23)10(2)7-31-21-20(30)18(28)16(26)14(34-21)8-32-22-19(29)17(27)15(25)13(6-24)33-22/h5,7,9,11-22,24-30H,3-4,6,8H2,1-2H3. The van der Waals surface area contributed by atoms with E-state index in [1.54, 1.807) is 6.92 Å². The lowest BCUT2D eigenvalue weighted by molar-refractivity contribution is -0.326. The number of hydrogen-bond donors (Lipinski definition) is 7. The maximum absolute atomic E-state index is 11.4. The summed E-state index contributed by atoms with van der Waals surface area (Å²) >= 11 is 0. The second-order valence-corrected chi connectivity index (χ2v) is 9.42. The summed E-state index contributed by atoms with van der Waals surface area (Å²) in [5.41, 5.74) is 0.784. The van der Waals surface area contributed by atoms with Gasteiger partial charge in [0.25, 0.3) is 0 Å². The summed E-state index contributed by atoms with van der Waals surface area (Å²) in [5.74, 6) is 0.112. The second-order valence-electron chi connectivity index (χ2n) is 9.42. The van der Waals surface area contributed by atoms with Crippen LogP contribution in [0.2, 0.25) is 0 Å². The highest BCUT2D eigenvalue weighted by atomic mass is 16.7. The zero-order chi connectivity index (χ0) is 25.2. The van der Waals surface area contributed by atoms with Crippen LogP contribution in [0, 0.1) is 17.8 Å². The molecule has 0 bridgehead atoms. The van der Waals surface area contributed by atoms with E-state index in [-0.39, 0.29) is 17.8 Å². The molecule has 34 heavy (non-hydrogen) atoms. The van der Waals surface area contributed by atoms with Crippen LogP contribution in [-0.2, 0) is 23.7 Å². The lowest BCUT2D eigenvalue weighted by atomic mass is 9.87. The van der Waals surface area contributed by atoms with Crippen LogP contribution in [0.1, 0.15) is 26.7 Å². The zero-order valence-corrected chi connectivity index (χ0v) is 19.2. The van der Waals surface area contributed by atoms with Crippen molar-refractivity contribution in [3.63, 3.8) is 0 Å². The first-order valence-corrected chi connectivity index (χ1v) is 11.5. The Hall–Kier alpha value is -1.19. The van der Waals surface area contributed by atoms with E-state index in [0.717, 1.165) is 24.7 Å². The summed E-state index contributed by atoms with van der Waals surface area (Å²) in [7, 11) is 0. The lowest BCUT2D eigenvalue weighted by Gasteiger charge is -2.42. The van der Waals surface area contributed by atoms with E-state index >= 15 is 0 Å². The number of aliphatic hydroxyl groups excluding tert-OH is 7. The Morgan fingerprint density at radius 3 is 2.09 bits per heavy atom. The van der Waals surface area contributed by atoms with Gasteiger partial charge in [0.05, 0.1) is 19.5 Å². The zero-order valence-electron chi connectivity index (χ0n) is 19.2. The molecule has 13 unspecified atom stereocenters. The number of ether oxygens (including phenoxy) is 4. The molecule has 0 aromatic carbocycles. The van der Waals surface area contributed by atoms with E-state index in [0.29, 0.717) is 0 Å². The Morgan fingerprint density at radius 1 is 0.882 bits per heavy atom. The van der Waals surface area contributed by atoms with E-state index in [1.165, 1.54) is 6.26 Å². The molecule has 0 amide bonds. The molecule has 3 rings (SSSR count). The number of carbonyl (C=O) groups excluding carboxylic acids is 1. The molecular formula is C22H36O12. The maximum Gasteiger partial charge on any atom is 0.228 e. The summed E-state index contributed by atoms with van der Waals surface area (Å²) in [4.78, 5) is 11.4. The largest absolute Gasteiger partial charge is 0.470 e. The molecule has 2 aliphatic heterocycles. The summed E-state index contributed by atoms with van der Waals surface area (Å²) in [5, 5.41) is 69.9. The third-order valence-electron chi connectivity index (χ3n) is 7.13. The topological polar surface area (TPSA) is 196 Å². The first-order valence-electron chi connectivity index (χ1n) is 11.5. The Labute approximate surface area is 197 Å². The minimum Gasteiger partial charge on any atom is -0.470 e. The molecule has 2 saturated heterocycles. The van der Waals surface area contributed by atoms with Crippen molar-refractivity contribution in [2.24, 2.45) is 17.8 Å². The van der Waals surface area contributed by atoms with Gasteiger partial charge in [-0.1, -0.05) is 6.92 Å². The van der Waals surface area contributed by atoms with E-state index < -0.39 is 74.6 Å². The van der Waals surface area contributed by atoms with Gasteiger partial charge in [0.2, 0.25) is 6.29 Å². The minimum absolute atomic E-state index is 0.00550. The fourth-order valence-corrected chi connectivity index (χ4v) is 4.81. The van der Waals surface area contributed by atoms with Gasteiger partial charge in [0.15, 0.2) is 6.29 Å². The van der Waals surface area contributed by atoms with E-state index in [9.17, 15) is 40.5 Å². The average Bonchev–Trinajstić information content (AvgIpc) is 3.21. The molecule has 0 aromatic heterocycles. The molecular weight excluding hydrogens is 456 g/mol. The first kappa shape index (κ1) is 27.4. The fourth-order valence-electron chi connectivity index (χ4n) is 4.81. The highest BCUT2D eigenvalue weighted by molar-refractivity contribution is 5.56. The third kappa shape index (κ3) is 5.62. The van der Waals surface area contributed by atoms with Crippen LogP contribution in [0.5, 0.6) is 0 Å². The number of aldehydes is 1. The quantitative estimate of drug-likeness (QED) is 0.138. The van der Waals surface area contributed by atoms with E-state index in [2.05, 4.69) is 0 Å². The molecule has 7 N–H and O–H groups in total. The maximum atomic E-state index is 11.4. The number of carbonyl (C=O) groups is 1. The SMILES string of the molecule is CC(=COC1OC(COC2OC(CO)C(O)C(O)C2O)C(O)C(O)C1O)C1CCC(C)C1C=O. The number of hydrogen-bond acceptors (Lipinski definition) is 12. The minimum atomic E-state index is -1.65. The van der Waals surface area contributed by atoms with Crippen LogP contribution in [0.25, 0.3) is 0 Å². The van der Waals surface area contributed by atoms with Crippen LogP contribution in [0.3, 0.4) is 0 Å². The fraction of sp³-hybridized carbons (Fsp3) is 0.864. The summed E-state index contributed by atoms with van der Waals surface area (Å²) in [6.07, 6.45) is -10.8. The summed E-state index contributed by atoms with van der Waals surface area (Å²) in [6.45, 7) is 2.74. The van der Waals surface area contributed by atoms with Gasteiger partial charge in [0, 0.05) is 5.92 Å². The van der Waals surface area contributed by atoms with Crippen LogP contribution in [0.4, 0.5) is 0 Å². The van der Waals surface area contributed by atoms with Crippen molar-refractivity contribution in [1.82, 2.24) is 0 Å². The van der Waals surface area contributed by atoms with Gasteiger partial charge in [-0.15, -0.1) is 0 Å². The van der Waals surface area contributed by atoms with Crippen molar-refractivity contribution in [2.75, 3.05) is 13.2 Å². The van der Waals surface area contributed by atoms with Gasteiger partial charge < -0.3 is 59.5 Å². The predicted octanol–water partition coefficient (Wildman–Crippen LogP) is -2.61. The first-order chi connectivity index (χ1) is 16.1. The lowest BCUT2D eigenvalue weighted by Crippen LogP contribution is -2.61. The Morgan fingerprint density at radius 2 is 1.47 bits per heavy atom. The van der Waals surface area contributed by atoms with Crippen LogP contribution < -0.4 is 0 Å². The van der Waals surface area contributed by atoms with E-state index in [4.69, 9.17) is 18.9 Å². The van der Waals surface area contributed by atoms with Crippen molar-refractivity contribution in [3.05, 3.63) is 11.8 Å². The Balaban J connectivity index is 1.62. The van der Waals surface area contributed by atoms with E-state index in [1.807, 2.05) is 6.92 Å². The molecule has 3 aliphatic rings. The number of rotatable bonds is 8. The Kier molecular flexibility index (Phi) is 9.43. The molecule has 0 radical (unpaired) electrons. The number of allylic oxidation sites excluding steroid dienone is 1. The van der Waals surface area contributed by atoms with Crippen molar-refractivity contribution in [3.8, 4) is 0 Å². The molecule has 0 spiro atoms. The van der Waals surface area contributed by atoms with Crippen molar-refractivity contribution < 1.29 is 59.5 Å². The molecule has 2 heterocycles. The van der Waals surface area contributed by atoms with Gasteiger partial charge in [-0.05, 0) is 37.2 Å². The van der Waals surface area contributed by atoms with Crippen LogP contribution in [-0.4, -0.2) is 117 Å². The highest BCUT2D eigenvalue weighted by Gasteiger charge is 2.47. The molecule has 3 fully saturated rings. The van der Waals surface area contributed by atoms with Crippen molar-refractivity contribution >= 4 is 6.29 Å². The van der Waals surface area contributed by atoms with Crippen LogP contribution in [0.15, 0.2) is 11.8 Å². The van der Waals surface area contributed by atoms with Gasteiger partial charge in [-0.3, -0.25) is 0 Å². The van der Waals surface area contributed by atoms with Gasteiger partial charge >= 0.3 is 0 Å². The highest BCUT2D eigenvalue weighted by Crippen LogP contribution is 2.39. The van der Waals surface area contributed by atoms with Gasteiger partial charge in [-0.25, -0.2) is 0 Å². The molecule has 1 saturated carbocycles. The molecule has 13 atom stereocenters. The monoisotopic (exact) mass is 492 g/mol. The molecule has 1 aliphatic carbocycles. The number of aliphatic hydroxyl groups is 7. The third-order valence-corrected chi connectivity index (χ3v) is 7.13. The average molecular weight is 493 g/mol.